The van der Waals surface area contributed by atoms with Crippen LogP contribution in [0.4, 0.5) is 11.4 Å². The number of carbonyl (C=O) groups excluding carboxylic acids is 1. The molecule has 1 aliphatic heterocycles. The van der Waals surface area contributed by atoms with Gasteiger partial charge in [0.05, 0.1) is 10.5 Å². The van der Waals surface area contributed by atoms with Gasteiger partial charge in [-0.2, -0.15) is 0 Å². The molecule has 3 N–H and O–H groups in total. The number of benzene rings is 1. The lowest BCUT2D eigenvalue weighted by atomic mass is 9.98. The third-order valence-electron chi connectivity index (χ3n) is 4.04. The summed E-state index contributed by atoms with van der Waals surface area (Å²) in [6, 6.07) is 4.38. The van der Waals surface area contributed by atoms with Crippen molar-refractivity contribution in [3.8, 4) is 0 Å². The topological polar surface area (TPSA) is 101 Å². The van der Waals surface area contributed by atoms with E-state index < -0.39 is 4.92 Å². The highest BCUT2D eigenvalue weighted by Crippen LogP contribution is 2.21. The Morgan fingerprint density at radius 3 is 2.86 bits per heavy atom. The molecule has 0 aromatic heterocycles. The number of nitrogens with one attached hydrogen (secondary N) is 1. The zero-order chi connectivity index (χ0) is 15.6. The van der Waals surface area contributed by atoms with Crippen molar-refractivity contribution in [2.75, 3.05) is 19.3 Å². The number of anilines is 1. The highest BCUT2D eigenvalue weighted by Gasteiger charge is 2.25. The van der Waals surface area contributed by atoms with Crippen molar-refractivity contribution >= 4 is 17.3 Å². The van der Waals surface area contributed by atoms with Crippen molar-refractivity contribution < 1.29 is 9.72 Å². The number of likely N-dealkylation sites (tertiary alicyclic amines) is 1. The fourth-order valence-electron chi connectivity index (χ4n) is 2.54. The van der Waals surface area contributed by atoms with Crippen molar-refractivity contribution in [2.24, 2.45) is 0 Å². The Morgan fingerprint density at radius 2 is 2.24 bits per heavy atom. The van der Waals surface area contributed by atoms with Crippen molar-refractivity contribution in [1.29, 1.82) is 0 Å². The Hall–Kier alpha value is -2.15. The highest BCUT2D eigenvalue weighted by atomic mass is 16.6. The summed E-state index contributed by atoms with van der Waals surface area (Å²) in [5.41, 5.74) is 6.03. The molecule has 1 aromatic rings. The monoisotopic (exact) mass is 292 g/mol. The lowest BCUT2D eigenvalue weighted by Crippen LogP contribution is -2.47. The van der Waals surface area contributed by atoms with Gasteiger partial charge in [0.1, 0.15) is 0 Å². The first kappa shape index (κ1) is 15.2. The number of rotatable bonds is 3. The van der Waals surface area contributed by atoms with Gasteiger partial charge in [-0.15, -0.1) is 0 Å². The minimum Gasteiger partial charge on any atom is -0.398 e. The first-order valence-corrected chi connectivity index (χ1v) is 6.93. The number of hydrogen-bond donors (Lipinski definition) is 2. The molecular formula is C14H20N4O3. The number of nitrogens with zero attached hydrogens (tertiary/aromatic N) is 2. The predicted octanol–water partition coefficient (Wildman–Crippen LogP) is 1.39. The van der Waals surface area contributed by atoms with Gasteiger partial charge in [0, 0.05) is 36.4 Å². The molecule has 114 valence electrons. The van der Waals surface area contributed by atoms with E-state index in [9.17, 15) is 14.9 Å². The molecule has 2 rings (SSSR count). The van der Waals surface area contributed by atoms with Crippen molar-refractivity contribution in [3.05, 3.63) is 33.9 Å². The molecule has 1 heterocycles. The number of amides is 1. The molecule has 1 aliphatic rings. The molecule has 0 aliphatic carbocycles. The summed E-state index contributed by atoms with van der Waals surface area (Å²) in [5, 5.41) is 13.7. The molecular weight excluding hydrogens is 272 g/mol. The Morgan fingerprint density at radius 1 is 1.52 bits per heavy atom. The molecule has 2 atom stereocenters. The van der Waals surface area contributed by atoms with Crippen LogP contribution in [-0.2, 0) is 0 Å². The molecule has 0 spiro atoms. The van der Waals surface area contributed by atoms with Gasteiger partial charge in [-0.25, -0.2) is 0 Å². The van der Waals surface area contributed by atoms with E-state index in [1.54, 1.807) is 0 Å². The maximum absolute atomic E-state index is 12.3. The van der Waals surface area contributed by atoms with Crippen LogP contribution in [-0.4, -0.2) is 41.4 Å². The Balaban J connectivity index is 2.10. The van der Waals surface area contributed by atoms with E-state index in [4.69, 9.17) is 5.73 Å². The van der Waals surface area contributed by atoms with E-state index in [1.165, 1.54) is 18.2 Å². The van der Waals surface area contributed by atoms with Gasteiger partial charge in [-0.1, -0.05) is 0 Å². The number of carbonyl (C=O) groups is 1. The van der Waals surface area contributed by atoms with Crippen LogP contribution in [0, 0.1) is 10.1 Å². The SMILES string of the molecule is CC1CC(NC(=O)c2cc([N+](=O)[O-])ccc2N)CCN1C. The molecule has 1 saturated heterocycles. The Kier molecular flexibility index (Phi) is 4.42. The van der Waals surface area contributed by atoms with Crippen molar-refractivity contribution in [3.63, 3.8) is 0 Å². The van der Waals surface area contributed by atoms with E-state index in [0.717, 1.165) is 19.4 Å². The van der Waals surface area contributed by atoms with Crippen molar-refractivity contribution in [2.45, 2.75) is 31.8 Å². The molecule has 1 amide bonds. The zero-order valence-electron chi connectivity index (χ0n) is 12.2. The number of nitro groups is 1. The molecule has 7 nitrogen and oxygen atoms in total. The van der Waals surface area contributed by atoms with E-state index in [-0.39, 0.29) is 28.9 Å². The van der Waals surface area contributed by atoms with Crippen LogP contribution < -0.4 is 11.1 Å². The third-order valence-corrected chi connectivity index (χ3v) is 4.04. The quantitative estimate of drug-likeness (QED) is 0.498. The molecule has 0 saturated carbocycles. The molecule has 1 fully saturated rings. The zero-order valence-corrected chi connectivity index (χ0v) is 12.2. The fraction of sp³-hybridized carbons (Fsp3) is 0.500. The van der Waals surface area contributed by atoms with Gasteiger partial charge in [-0.05, 0) is 32.9 Å². The van der Waals surface area contributed by atoms with Gasteiger partial charge in [0.15, 0.2) is 0 Å². The van der Waals surface area contributed by atoms with Crippen LogP contribution in [0.2, 0.25) is 0 Å². The second-order valence-electron chi connectivity index (χ2n) is 5.55. The lowest BCUT2D eigenvalue weighted by Gasteiger charge is -2.35. The Labute approximate surface area is 123 Å². The normalized spacial score (nSPS) is 22.8. The molecule has 7 heteroatoms. The smallest absolute Gasteiger partial charge is 0.270 e. The van der Waals surface area contributed by atoms with E-state index in [0.29, 0.717) is 6.04 Å². The lowest BCUT2D eigenvalue weighted by molar-refractivity contribution is -0.384. The summed E-state index contributed by atoms with van der Waals surface area (Å²) in [5.74, 6) is -0.349. The summed E-state index contributed by atoms with van der Waals surface area (Å²) < 4.78 is 0. The maximum atomic E-state index is 12.3. The molecule has 0 radical (unpaired) electrons. The first-order valence-electron chi connectivity index (χ1n) is 6.93. The predicted molar refractivity (Wildman–Crippen MR) is 80.1 cm³/mol. The third kappa shape index (κ3) is 3.49. The van der Waals surface area contributed by atoms with E-state index in [2.05, 4.69) is 24.2 Å². The minimum absolute atomic E-state index is 0.0716. The summed E-state index contributed by atoms with van der Waals surface area (Å²) in [7, 11) is 2.06. The summed E-state index contributed by atoms with van der Waals surface area (Å²) in [4.78, 5) is 24.8. The number of nitrogen functional groups attached to an aromatic ring is 1. The Bertz CT molecular complexity index is 561. The second-order valence-corrected chi connectivity index (χ2v) is 5.55. The van der Waals surface area contributed by atoms with Gasteiger partial charge in [0.25, 0.3) is 11.6 Å². The number of piperidine rings is 1. The number of hydrogen-bond acceptors (Lipinski definition) is 5. The van der Waals surface area contributed by atoms with Gasteiger partial charge >= 0.3 is 0 Å². The minimum atomic E-state index is -0.534. The first-order chi connectivity index (χ1) is 9.88. The van der Waals surface area contributed by atoms with E-state index >= 15 is 0 Å². The number of non-ortho nitro benzene ring substituents is 1. The van der Waals surface area contributed by atoms with Crippen LogP contribution >= 0.6 is 0 Å². The molecule has 0 bridgehead atoms. The van der Waals surface area contributed by atoms with Crippen LogP contribution in [0.1, 0.15) is 30.1 Å². The summed E-state index contributed by atoms with van der Waals surface area (Å²) in [6.45, 7) is 3.02. The van der Waals surface area contributed by atoms with Crippen molar-refractivity contribution in [1.82, 2.24) is 10.2 Å². The molecule has 1 aromatic carbocycles. The summed E-state index contributed by atoms with van der Waals surface area (Å²) >= 11 is 0. The standard InChI is InChI=1S/C14H20N4O3/c1-9-7-10(5-6-17(9)2)16-14(19)12-8-11(18(20)21)3-4-13(12)15/h3-4,8-10H,5-7,15H2,1-2H3,(H,16,19). The largest absolute Gasteiger partial charge is 0.398 e. The molecule has 21 heavy (non-hydrogen) atoms. The average Bonchev–Trinajstić information content (AvgIpc) is 2.43. The van der Waals surface area contributed by atoms with Crippen LogP contribution in [0.3, 0.4) is 0 Å². The highest BCUT2D eigenvalue weighted by molar-refractivity contribution is 5.99. The maximum Gasteiger partial charge on any atom is 0.270 e. The van der Waals surface area contributed by atoms with E-state index in [1.807, 2.05) is 0 Å². The summed E-state index contributed by atoms with van der Waals surface area (Å²) in [6.07, 6.45) is 1.72. The fourth-order valence-corrected chi connectivity index (χ4v) is 2.54. The van der Waals surface area contributed by atoms with Gasteiger partial charge < -0.3 is 16.0 Å². The van der Waals surface area contributed by atoms with Crippen LogP contribution in [0.15, 0.2) is 18.2 Å². The number of nitrogens with two attached hydrogens (primary N) is 1. The van der Waals surface area contributed by atoms with Gasteiger partial charge in [0.2, 0.25) is 0 Å². The second kappa shape index (κ2) is 6.09. The van der Waals surface area contributed by atoms with Crippen LogP contribution in [0.25, 0.3) is 0 Å². The van der Waals surface area contributed by atoms with Gasteiger partial charge in [-0.3, -0.25) is 14.9 Å². The average molecular weight is 292 g/mol. The molecule has 2 unspecified atom stereocenters. The van der Waals surface area contributed by atoms with Crippen LogP contribution in [0.5, 0.6) is 0 Å². The number of nitro benzene ring substituents is 1.